The Hall–Kier alpha value is -2.05. The Labute approximate surface area is 111 Å². The van der Waals surface area contributed by atoms with Crippen LogP contribution in [0.25, 0.3) is 0 Å². The van der Waals surface area contributed by atoms with Crippen LogP contribution < -0.4 is 10.6 Å². The van der Waals surface area contributed by atoms with E-state index in [9.17, 15) is 9.59 Å². The smallest absolute Gasteiger partial charge is 0.326 e. The lowest BCUT2D eigenvalue weighted by atomic mass is 10.1. The van der Waals surface area contributed by atoms with Crippen molar-refractivity contribution in [3.8, 4) is 0 Å². The standard InChI is InChI=1S/C12H19N3O4/c1-6(2)10(11(16)17)15-12(18)13-5-9-14-7(3)8(4)19-9/h6,10H,5H2,1-4H3,(H,16,17)(H2,13,15,18)/t10-/m0/s1. The normalized spacial score (nSPS) is 12.3. The fourth-order valence-corrected chi connectivity index (χ4v) is 1.48. The van der Waals surface area contributed by atoms with Gasteiger partial charge in [-0.2, -0.15) is 0 Å². The predicted molar refractivity (Wildman–Crippen MR) is 67.6 cm³/mol. The molecule has 0 radical (unpaired) electrons. The highest BCUT2D eigenvalue weighted by Gasteiger charge is 2.23. The molecule has 0 unspecified atom stereocenters. The molecule has 0 spiro atoms. The number of carbonyl (C=O) groups is 2. The van der Waals surface area contributed by atoms with Gasteiger partial charge >= 0.3 is 12.0 Å². The maximum absolute atomic E-state index is 11.6. The number of urea groups is 1. The van der Waals surface area contributed by atoms with Crippen LogP contribution in [0, 0.1) is 19.8 Å². The van der Waals surface area contributed by atoms with Crippen molar-refractivity contribution in [3.05, 3.63) is 17.3 Å². The molecule has 1 aromatic rings. The minimum absolute atomic E-state index is 0.116. The Morgan fingerprint density at radius 2 is 2.00 bits per heavy atom. The summed E-state index contributed by atoms with van der Waals surface area (Å²) in [5.41, 5.74) is 0.766. The first-order valence-electron chi connectivity index (χ1n) is 6.01. The Morgan fingerprint density at radius 3 is 2.42 bits per heavy atom. The number of aromatic nitrogens is 1. The van der Waals surface area contributed by atoms with E-state index < -0.39 is 18.0 Å². The van der Waals surface area contributed by atoms with Gasteiger partial charge in [0.2, 0.25) is 5.89 Å². The summed E-state index contributed by atoms with van der Waals surface area (Å²) < 4.78 is 5.29. The number of aryl methyl sites for hydroxylation is 2. The summed E-state index contributed by atoms with van der Waals surface area (Å²) in [6.07, 6.45) is 0. The zero-order valence-corrected chi connectivity index (χ0v) is 11.5. The summed E-state index contributed by atoms with van der Waals surface area (Å²) in [4.78, 5) is 26.6. The van der Waals surface area contributed by atoms with Crippen LogP contribution in [0.3, 0.4) is 0 Å². The molecule has 7 heteroatoms. The second-order valence-corrected chi connectivity index (χ2v) is 4.64. The number of hydrogen-bond acceptors (Lipinski definition) is 4. The van der Waals surface area contributed by atoms with Crippen molar-refractivity contribution in [3.63, 3.8) is 0 Å². The van der Waals surface area contributed by atoms with Crippen molar-refractivity contribution in [2.75, 3.05) is 0 Å². The van der Waals surface area contributed by atoms with E-state index in [1.54, 1.807) is 20.8 Å². The molecule has 19 heavy (non-hydrogen) atoms. The Morgan fingerprint density at radius 1 is 1.37 bits per heavy atom. The molecule has 1 heterocycles. The number of rotatable bonds is 5. The predicted octanol–water partition coefficient (Wildman–Crippen LogP) is 1.20. The van der Waals surface area contributed by atoms with Gasteiger partial charge in [-0.3, -0.25) is 0 Å². The third kappa shape index (κ3) is 4.27. The van der Waals surface area contributed by atoms with Crippen LogP contribution in [0.4, 0.5) is 4.79 Å². The molecule has 0 fully saturated rings. The molecule has 0 aliphatic carbocycles. The first-order chi connectivity index (χ1) is 8.81. The number of hydrogen-bond donors (Lipinski definition) is 3. The molecule has 0 aliphatic heterocycles. The molecule has 3 N–H and O–H groups in total. The first kappa shape index (κ1) is 15.0. The zero-order chi connectivity index (χ0) is 14.6. The van der Waals surface area contributed by atoms with Crippen molar-refractivity contribution < 1.29 is 19.1 Å². The molecule has 0 bridgehead atoms. The number of nitrogens with one attached hydrogen (secondary N) is 2. The molecule has 7 nitrogen and oxygen atoms in total. The largest absolute Gasteiger partial charge is 0.480 e. The van der Waals surface area contributed by atoms with Crippen molar-refractivity contribution >= 4 is 12.0 Å². The molecule has 0 aromatic carbocycles. The van der Waals surface area contributed by atoms with Gasteiger partial charge in [-0.25, -0.2) is 14.6 Å². The third-order valence-corrected chi connectivity index (χ3v) is 2.69. The van der Waals surface area contributed by atoms with Gasteiger partial charge in [0, 0.05) is 0 Å². The summed E-state index contributed by atoms with van der Waals surface area (Å²) in [6, 6.07) is -1.48. The van der Waals surface area contributed by atoms with Crippen molar-refractivity contribution in [1.82, 2.24) is 15.6 Å². The summed E-state index contributed by atoms with van der Waals surface area (Å²) in [7, 11) is 0. The van der Waals surface area contributed by atoms with Gasteiger partial charge in [0.25, 0.3) is 0 Å². The SMILES string of the molecule is Cc1nc(CNC(=O)N[C@H](C(=O)O)C(C)C)oc1C. The van der Waals surface area contributed by atoms with Crippen molar-refractivity contribution in [2.24, 2.45) is 5.92 Å². The monoisotopic (exact) mass is 269 g/mol. The fourth-order valence-electron chi connectivity index (χ4n) is 1.48. The average Bonchev–Trinajstić information content (AvgIpc) is 2.62. The maximum atomic E-state index is 11.6. The summed E-state index contributed by atoms with van der Waals surface area (Å²) in [5, 5.41) is 13.8. The molecule has 0 saturated carbocycles. The van der Waals surface area contributed by atoms with Crippen molar-refractivity contribution in [1.29, 1.82) is 0 Å². The Bertz CT molecular complexity index is 448. The second-order valence-electron chi connectivity index (χ2n) is 4.64. The lowest BCUT2D eigenvalue weighted by Crippen LogP contribution is -2.48. The average molecular weight is 269 g/mol. The van der Waals surface area contributed by atoms with Gasteiger partial charge in [-0.15, -0.1) is 0 Å². The molecule has 2 amide bonds. The topological polar surface area (TPSA) is 104 Å². The first-order valence-corrected chi connectivity index (χ1v) is 6.01. The summed E-state index contributed by atoms with van der Waals surface area (Å²) in [5.74, 6) is -0.174. The van der Waals surface area contributed by atoms with Crippen LogP contribution in [-0.4, -0.2) is 28.1 Å². The maximum Gasteiger partial charge on any atom is 0.326 e. The molecule has 1 rings (SSSR count). The van der Waals surface area contributed by atoms with Crippen LogP contribution in [0.2, 0.25) is 0 Å². The van der Waals surface area contributed by atoms with E-state index in [4.69, 9.17) is 9.52 Å². The van der Waals surface area contributed by atoms with Crippen LogP contribution in [0.1, 0.15) is 31.2 Å². The highest BCUT2D eigenvalue weighted by molar-refractivity contribution is 5.82. The lowest BCUT2D eigenvalue weighted by molar-refractivity contribution is -0.140. The number of nitrogens with zero attached hydrogens (tertiary/aromatic N) is 1. The van der Waals surface area contributed by atoms with Crippen LogP contribution >= 0.6 is 0 Å². The number of carboxylic acid groups (broad SMARTS) is 1. The molecule has 0 aliphatic rings. The van der Waals surface area contributed by atoms with Gasteiger partial charge in [-0.05, 0) is 19.8 Å². The number of carbonyl (C=O) groups excluding carboxylic acids is 1. The van der Waals surface area contributed by atoms with E-state index in [0.29, 0.717) is 11.7 Å². The Balaban J connectivity index is 2.49. The van der Waals surface area contributed by atoms with Crippen LogP contribution in [-0.2, 0) is 11.3 Å². The van der Waals surface area contributed by atoms with E-state index in [0.717, 1.165) is 5.69 Å². The summed E-state index contributed by atoms with van der Waals surface area (Å²) >= 11 is 0. The van der Waals surface area contributed by atoms with E-state index >= 15 is 0 Å². The number of aliphatic carboxylic acids is 1. The van der Waals surface area contributed by atoms with Gasteiger partial charge in [0.05, 0.1) is 12.2 Å². The van der Waals surface area contributed by atoms with Crippen molar-refractivity contribution in [2.45, 2.75) is 40.3 Å². The highest BCUT2D eigenvalue weighted by atomic mass is 16.4. The molecule has 1 aromatic heterocycles. The van der Waals surface area contributed by atoms with Gasteiger partial charge < -0.3 is 20.2 Å². The van der Waals surface area contributed by atoms with E-state index in [1.165, 1.54) is 0 Å². The van der Waals surface area contributed by atoms with E-state index in [2.05, 4.69) is 15.6 Å². The number of carboxylic acids is 1. The summed E-state index contributed by atoms with van der Waals surface area (Å²) in [6.45, 7) is 7.15. The molecule has 106 valence electrons. The molecular weight excluding hydrogens is 250 g/mol. The van der Waals surface area contributed by atoms with Crippen LogP contribution in [0.5, 0.6) is 0 Å². The fraction of sp³-hybridized carbons (Fsp3) is 0.583. The quantitative estimate of drug-likeness (QED) is 0.745. The highest BCUT2D eigenvalue weighted by Crippen LogP contribution is 2.07. The van der Waals surface area contributed by atoms with Gasteiger partial charge in [0.1, 0.15) is 11.8 Å². The molecular formula is C12H19N3O4. The lowest BCUT2D eigenvalue weighted by Gasteiger charge is -2.17. The van der Waals surface area contributed by atoms with Crippen LogP contribution in [0.15, 0.2) is 4.42 Å². The second kappa shape index (κ2) is 6.21. The van der Waals surface area contributed by atoms with Gasteiger partial charge in [-0.1, -0.05) is 13.8 Å². The number of amides is 2. The molecule has 1 atom stereocenters. The van der Waals surface area contributed by atoms with E-state index in [-0.39, 0.29) is 12.5 Å². The minimum atomic E-state index is -1.06. The molecule has 0 saturated heterocycles. The van der Waals surface area contributed by atoms with Gasteiger partial charge in [0.15, 0.2) is 0 Å². The zero-order valence-electron chi connectivity index (χ0n) is 11.5. The third-order valence-electron chi connectivity index (χ3n) is 2.69. The Kier molecular flexibility index (Phi) is 4.91. The van der Waals surface area contributed by atoms with E-state index in [1.807, 2.05) is 6.92 Å². The number of oxazole rings is 1. The minimum Gasteiger partial charge on any atom is -0.480 e.